The van der Waals surface area contributed by atoms with Gasteiger partial charge >= 0.3 is 0 Å². The first kappa shape index (κ1) is 16.4. The van der Waals surface area contributed by atoms with E-state index >= 15 is 0 Å². The van der Waals surface area contributed by atoms with Gasteiger partial charge < -0.3 is 4.74 Å². The zero-order valence-corrected chi connectivity index (χ0v) is 14.9. The van der Waals surface area contributed by atoms with Crippen LogP contribution in [0, 0.1) is 3.57 Å². The van der Waals surface area contributed by atoms with Crippen LogP contribution in [0.3, 0.4) is 0 Å². The van der Waals surface area contributed by atoms with Crippen LogP contribution >= 0.6 is 34.2 Å². The topological polar surface area (TPSA) is 55.4 Å². The number of anilines is 1. The first-order valence-electron chi connectivity index (χ1n) is 6.13. The molecular formula is C14H13ClINO3S. The van der Waals surface area contributed by atoms with E-state index in [9.17, 15) is 8.42 Å². The highest BCUT2D eigenvalue weighted by atomic mass is 127. The Kier molecular flexibility index (Phi) is 5.34. The molecular weight excluding hydrogens is 425 g/mol. The second-order valence-electron chi connectivity index (χ2n) is 4.14. The zero-order valence-electron chi connectivity index (χ0n) is 11.1. The second kappa shape index (κ2) is 6.85. The van der Waals surface area contributed by atoms with Crippen molar-refractivity contribution in [1.82, 2.24) is 0 Å². The SMILES string of the molecule is CCOc1ccc(Cl)cc1S(=O)(=O)Nc1ccc(I)cc1. The maximum Gasteiger partial charge on any atom is 0.265 e. The van der Waals surface area contributed by atoms with Crippen molar-refractivity contribution in [2.24, 2.45) is 0 Å². The first-order valence-corrected chi connectivity index (χ1v) is 9.07. The molecule has 1 N–H and O–H groups in total. The Bertz CT molecular complexity index is 732. The lowest BCUT2D eigenvalue weighted by molar-refractivity contribution is 0.331. The minimum Gasteiger partial charge on any atom is -0.492 e. The average molecular weight is 438 g/mol. The Morgan fingerprint density at radius 2 is 1.86 bits per heavy atom. The molecule has 0 heterocycles. The van der Waals surface area contributed by atoms with Gasteiger partial charge in [-0.05, 0) is 72.0 Å². The lowest BCUT2D eigenvalue weighted by atomic mass is 10.3. The molecule has 0 bridgehead atoms. The summed E-state index contributed by atoms with van der Waals surface area (Å²) >= 11 is 8.05. The molecule has 2 rings (SSSR count). The Morgan fingerprint density at radius 1 is 1.19 bits per heavy atom. The molecule has 0 atom stereocenters. The smallest absolute Gasteiger partial charge is 0.265 e. The summed E-state index contributed by atoms with van der Waals surface area (Å²) in [6.07, 6.45) is 0. The fourth-order valence-electron chi connectivity index (χ4n) is 1.69. The summed E-state index contributed by atoms with van der Waals surface area (Å²) in [5.74, 6) is 0.278. The van der Waals surface area contributed by atoms with Crippen LogP contribution in [0.2, 0.25) is 5.02 Å². The molecule has 0 aliphatic carbocycles. The summed E-state index contributed by atoms with van der Waals surface area (Å²) < 4.78 is 33.9. The molecule has 0 radical (unpaired) electrons. The summed E-state index contributed by atoms with van der Waals surface area (Å²) in [6.45, 7) is 2.16. The fourth-order valence-corrected chi connectivity index (χ4v) is 3.52. The number of hydrogen-bond donors (Lipinski definition) is 1. The largest absolute Gasteiger partial charge is 0.492 e. The molecule has 4 nitrogen and oxygen atoms in total. The molecule has 2 aromatic carbocycles. The fraction of sp³-hybridized carbons (Fsp3) is 0.143. The van der Waals surface area contributed by atoms with Gasteiger partial charge in [0.1, 0.15) is 10.6 Å². The average Bonchev–Trinajstić information content (AvgIpc) is 2.43. The third kappa shape index (κ3) is 4.24. The molecule has 0 spiro atoms. The highest BCUT2D eigenvalue weighted by Gasteiger charge is 2.20. The van der Waals surface area contributed by atoms with Crippen molar-refractivity contribution in [3.05, 3.63) is 51.1 Å². The van der Waals surface area contributed by atoms with Crippen molar-refractivity contribution < 1.29 is 13.2 Å². The molecule has 112 valence electrons. The molecule has 0 saturated heterocycles. The van der Waals surface area contributed by atoms with Crippen LogP contribution in [0.25, 0.3) is 0 Å². The van der Waals surface area contributed by atoms with Crippen LogP contribution < -0.4 is 9.46 Å². The third-order valence-electron chi connectivity index (χ3n) is 2.59. The van der Waals surface area contributed by atoms with Gasteiger partial charge in [0.05, 0.1) is 6.61 Å². The third-order valence-corrected chi connectivity index (χ3v) is 4.95. The van der Waals surface area contributed by atoms with Crippen LogP contribution in [0.15, 0.2) is 47.4 Å². The molecule has 0 saturated carbocycles. The van der Waals surface area contributed by atoms with E-state index in [1.165, 1.54) is 6.07 Å². The highest BCUT2D eigenvalue weighted by Crippen LogP contribution is 2.29. The predicted molar refractivity (Wildman–Crippen MR) is 92.6 cm³/mol. The normalized spacial score (nSPS) is 11.2. The molecule has 21 heavy (non-hydrogen) atoms. The van der Waals surface area contributed by atoms with E-state index in [0.29, 0.717) is 17.3 Å². The maximum atomic E-state index is 12.5. The van der Waals surface area contributed by atoms with E-state index in [-0.39, 0.29) is 10.6 Å². The van der Waals surface area contributed by atoms with Crippen LogP contribution in [-0.4, -0.2) is 15.0 Å². The van der Waals surface area contributed by atoms with Crippen molar-refractivity contribution >= 4 is 49.9 Å². The molecule has 0 aliphatic rings. The molecule has 0 aliphatic heterocycles. The zero-order chi connectivity index (χ0) is 15.5. The first-order chi connectivity index (χ1) is 9.92. The molecule has 0 aromatic heterocycles. The number of halogens is 2. The van der Waals surface area contributed by atoms with Gasteiger partial charge in [0.25, 0.3) is 10.0 Å². The Morgan fingerprint density at radius 3 is 2.48 bits per heavy atom. The monoisotopic (exact) mass is 437 g/mol. The van der Waals surface area contributed by atoms with Gasteiger partial charge in [0, 0.05) is 14.3 Å². The Balaban J connectivity index is 2.39. The summed E-state index contributed by atoms with van der Waals surface area (Å²) in [6, 6.07) is 11.6. The van der Waals surface area contributed by atoms with Crippen LogP contribution in [-0.2, 0) is 10.0 Å². The predicted octanol–water partition coefficient (Wildman–Crippen LogP) is 4.14. The number of sulfonamides is 1. The van der Waals surface area contributed by atoms with Gasteiger partial charge in [-0.2, -0.15) is 0 Å². The number of benzene rings is 2. The molecule has 0 fully saturated rings. The van der Waals surface area contributed by atoms with Gasteiger partial charge in [-0.3, -0.25) is 4.72 Å². The van der Waals surface area contributed by atoms with E-state index < -0.39 is 10.0 Å². The van der Waals surface area contributed by atoms with Crippen molar-refractivity contribution in [2.75, 3.05) is 11.3 Å². The van der Waals surface area contributed by atoms with Crippen molar-refractivity contribution in [1.29, 1.82) is 0 Å². The number of ether oxygens (including phenoxy) is 1. The van der Waals surface area contributed by atoms with Crippen molar-refractivity contribution in [3.8, 4) is 5.75 Å². The van der Waals surface area contributed by atoms with E-state index in [1.807, 2.05) is 12.1 Å². The minimum atomic E-state index is -3.76. The van der Waals surface area contributed by atoms with Crippen LogP contribution in [0.1, 0.15) is 6.92 Å². The van der Waals surface area contributed by atoms with Gasteiger partial charge in [0.15, 0.2) is 0 Å². The quantitative estimate of drug-likeness (QED) is 0.715. The van der Waals surface area contributed by atoms with Crippen LogP contribution in [0.5, 0.6) is 5.75 Å². The Hall–Kier alpha value is -0.990. The number of hydrogen-bond acceptors (Lipinski definition) is 3. The van der Waals surface area contributed by atoms with Gasteiger partial charge in [-0.15, -0.1) is 0 Å². The van der Waals surface area contributed by atoms with E-state index in [2.05, 4.69) is 27.3 Å². The minimum absolute atomic E-state index is 0.0235. The van der Waals surface area contributed by atoms with Crippen molar-refractivity contribution in [3.63, 3.8) is 0 Å². The van der Waals surface area contributed by atoms with Gasteiger partial charge in [0.2, 0.25) is 0 Å². The summed E-state index contributed by atoms with van der Waals surface area (Å²) in [7, 11) is -3.76. The summed E-state index contributed by atoms with van der Waals surface area (Å²) in [4.78, 5) is 0.0235. The van der Waals surface area contributed by atoms with E-state index in [4.69, 9.17) is 16.3 Å². The second-order valence-corrected chi connectivity index (χ2v) is 7.47. The lowest BCUT2D eigenvalue weighted by Gasteiger charge is -2.13. The van der Waals surface area contributed by atoms with E-state index in [0.717, 1.165) is 3.57 Å². The number of nitrogens with one attached hydrogen (secondary N) is 1. The molecule has 7 heteroatoms. The van der Waals surface area contributed by atoms with Gasteiger partial charge in [-0.25, -0.2) is 8.42 Å². The summed E-state index contributed by atoms with van der Waals surface area (Å²) in [5.41, 5.74) is 0.484. The molecule has 0 unspecified atom stereocenters. The maximum absolute atomic E-state index is 12.5. The standard InChI is InChI=1S/C14H13ClINO3S/c1-2-20-13-8-3-10(15)9-14(13)21(18,19)17-12-6-4-11(16)5-7-12/h3-9,17H,2H2,1H3. The number of rotatable bonds is 5. The highest BCUT2D eigenvalue weighted by molar-refractivity contribution is 14.1. The lowest BCUT2D eigenvalue weighted by Crippen LogP contribution is -2.14. The molecule has 2 aromatic rings. The summed E-state index contributed by atoms with van der Waals surface area (Å²) in [5, 5.41) is 0.335. The molecule has 0 amide bonds. The van der Waals surface area contributed by atoms with Gasteiger partial charge in [-0.1, -0.05) is 11.6 Å². The van der Waals surface area contributed by atoms with Crippen LogP contribution in [0.4, 0.5) is 5.69 Å². The van der Waals surface area contributed by atoms with E-state index in [1.54, 1.807) is 31.2 Å². The Labute approximate surface area is 142 Å². The van der Waals surface area contributed by atoms with Crippen molar-refractivity contribution in [2.45, 2.75) is 11.8 Å².